The van der Waals surface area contributed by atoms with E-state index in [2.05, 4.69) is 83.7 Å². The van der Waals surface area contributed by atoms with Crippen LogP contribution in [0, 0.1) is 13.8 Å². The minimum Gasteiger partial charge on any atom is -0.496 e. The first-order valence-corrected chi connectivity index (χ1v) is 51.6. The number of aldehydes is 2. The van der Waals surface area contributed by atoms with E-state index in [-0.39, 0.29) is 94.4 Å². The summed E-state index contributed by atoms with van der Waals surface area (Å²) < 4.78 is 32.5. The predicted octanol–water partition coefficient (Wildman–Crippen LogP) is 13.4. The molecular weight excluding hydrogens is 2010 g/mol. The summed E-state index contributed by atoms with van der Waals surface area (Å²) in [5.74, 6) is 5.39. The second-order valence-electron chi connectivity index (χ2n) is 36.7. The second-order valence-corrected chi connectivity index (χ2v) is 38.4. The highest BCUT2D eigenvalue weighted by Crippen LogP contribution is 2.41. The topological polar surface area (TPSA) is 500 Å². The van der Waals surface area contributed by atoms with Gasteiger partial charge in [-0.15, -0.1) is 25.5 Å². The molecule has 148 heavy (non-hydrogen) atoms. The lowest BCUT2D eigenvalue weighted by molar-refractivity contribution is 0.0683. The van der Waals surface area contributed by atoms with Gasteiger partial charge in [0.25, 0.3) is 11.8 Å². The maximum absolute atomic E-state index is 13.5. The number of ether oxygens (including phenoxy) is 4. The first kappa shape index (κ1) is 109. The molecule has 22 rings (SSSR count). The van der Waals surface area contributed by atoms with Crippen LogP contribution in [0.5, 0.6) is 23.0 Å². The Labute approximate surface area is 878 Å². The number of halogens is 5. The maximum atomic E-state index is 13.5. The predicted molar refractivity (Wildman–Crippen MR) is 563 cm³/mol. The molecule has 7 aliphatic heterocycles. The normalized spacial score (nSPS) is 18.0. The van der Waals surface area contributed by atoms with Gasteiger partial charge in [0.15, 0.2) is 64.0 Å². The number of benzene rings is 2. The number of aromatic carboxylic acids is 1. The molecule has 12 aromatic heterocycles. The van der Waals surface area contributed by atoms with Gasteiger partial charge in [-0.3, -0.25) is 19.2 Å². The molecule has 8 fully saturated rings. The van der Waals surface area contributed by atoms with E-state index in [9.17, 15) is 44.4 Å². The van der Waals surface area contributed by atoms with Crippen molar-refractivity contribution in [2.24, 2.45) is 0 Å². The smallest absolute Gasteiger partial charge is 0.354 e. The van der Waals surface area contributed by atoms with Gasteiger partial charge in [0.2, 0.25) is 32.8 Å². The number of hydrogen-bond donors (Lipinski definition) is 9. The van der Waals surface area contributed by atoms with Gasteiger partial charge in [-0.1, -0.05) is 50.1 Å². The number of carboxylic acid groups (broad SMARTS) is 1. The Morgan fingerprint density at radius 3 is 1.22 bits per heavy atom. The van der Waals surface area contributed by atoms with Crippen LogP contribution in [-0.2, 0) is 0 Å². The highest BCUT2D eigenvalue weighted by molar-refractivity contribution is 6.34. The molecule has 14 aromatic rings. The van der Waals surface area contributed by atoms with Crippen LogP contribution in [0.4, 0.5) is 40.9 Å². The number of fused-ring (bicyclic) bond motifs is 5. The van der Waals surface area contributed by atoms with Gasteiger partial charge in [0, 0.05) is 76.6 Å². The number of anilines is 7. The zero-order valence-electron chi connectivity index (χ0n) is 83.4. The third-order valence-electron chi connectivity index (χ3n) is 27.4. The Kier molecular flexibility index (Phi) is 38.1. The van der Waals surface area contributed by atoms with E-state index in [0.717, 1.165) is 200 Å². The number of likely N-dealkylation sites (tertiary alicyclic amines) is 2. The number of rotatable bonds is 22. The van der Waals surface area contributed by atoms with Crippen molar-refractivity contribution < 1.29 is 73.6 Å². The van der Waals surface area contributed by atoms with Gasteiger partial charge in [-0.25, -0.2) is 42.3 Å². The van der Waals surface area contributed by atoms with Crippen LogP contribution >= 0.6 is 58.0 Å². The number of aliphatic hydroxyl groups excluding tert-OH is 5. The quantitative estimate of drug-likeness (QED) is 0.0285. The van der Waals surface area contributed by atoms with Gasteiger partial charge in [-0.05, 0) is 247 Å². The van der Waals surface area contributed by atoms with Crippen LogP contribution in [0.3, 0.4) is 0 Å². The largest absolute Gasteiger partial charge is 0.496 e. The summed E-state index contributed by atoms with van der Waals surface area (Å²) >= 11 is 29.3. The fourth-order valence-corrected chi connectivity index (χ4v) is 20.5. The first-order valence-electron chi connectivity index (χ1n) is 49.8. The van der Waals surface area contributed by atoms with Crippen molar-refractivity contribution in [3.05, 3.63) is 176 Å². The summed E-state index contributed by atoms with van der Waals surface area (Å²) in [5, 5.41) is 83.8. The van der Waals surface area contributed by atoms with Crippen LogP contribution < -0.4 is 54.9 Å². The van der Waals surface area contributed by atoms with E-state index in [1.54, 1.807) is 97.3 Å². The number of nitrogen functional groups attached to an aromatic ring is 1. The van der Waals surface area contributed by atoms with Crippen molar-refractivity contribution >= 4 is 157 Å². The van der Waals surface area contributed by atoms with Crippen molar-refractivity contribution in [1.29, 1.82) is 0 Å². The average Bonchev–Trinajstić information content (AvgIpc) is 1.59. The van der Waals surface area contributed by atoms with Crippen molar-refractivity contribution in [2.75, 3.05) is 151 Å². The fourth-order valence-electron chi connectivity index (χ4n) is 19.6. The number of imidazole rings is 2. The minimum atomic E-state index is -1.08. The summed E-state index contributed by atoms with van der Waals surface area (Å²) in [6, 6.07) is 25.4. The SMILES string of the molecule is C1CCCCC1.COc1cc(-n2cnc(N)c2)cc(OC)c1OC.COc1cc(-n2cnc(Nc3nc(N4CCC[C@H]4CO)c4ccc(C(=O)N5CCCCC5)n4n3)c2)cc(C)c1C.O=C(O)c1ccc2c(N3CCC[C@H]3CO)nc(Cl)nn12.O=C(c1ccc2c(N3CCC[C@H]3CO)nc(Cl)nn12)N1CCCCC1.O=Cc1ccc2c(Cl)nc(Cl)nn12.O=Cc1ccc2c(N3CCC[C@H]3CO)nc(Cl)nn12.OC[C@@H]1CCCN1. The number of carboxylic acids is 1. The zero-order chi connectivity index (χ0) is 105. The monoisotopic (exact) mass is 2130 g/mol. The van der Waals surface area contributed by atoms with Gasteiger partial charge in [0.05, 0.1) is 109 Å². The summed E-state index contributed by atoms with van der Waals surface area (Å²) in [6.45, 7) is 12.0. The molecule has 7 saturated heterocycles. The number of nitrogens with two attached hydrogens (primary N) is 1. The van der Waals surface area contributed by atoms with Gasteiger partial charge >= 0.3 is 5.97 Å². The van der Waals surface area contributed by atoms with E-state index in [1.165, 1.54) is 71.0 Å². The number of aryl methyl sites for hydroxylation is 1. The zero-order valence-corrected chi connectivity index (χ0v) is 87.2. The standard InChI is InChI=1S/C29H36N8O3.C17H22ClN5O2.C12H13ClN4O3.C12H13ClN4O2.C12H15N3O3.C7H3Cl2N3O.C6H12.C5H11NO/c1-19-14-22(15-25(40-3)20(19)2)35-16-26(30-18-35)31-29-32-27(36-13-7-8-21(36)17-38)23-9-10-24(37(23)33-29)28(39)34-11-5-4-6-12-34;18-17-19-15(22-10-4-5-12(22)11-24)13-6-7-14(23(13)20-17)16(25)21-8-2-1-3-9-21;13-12-14-10(16-5-1-2-7(16)6-18)8-3-4-9(11(19)20)17(8)15-12;13-12-14-11(16-5-1-2-8(16)6-18)10-4-3-9(7-19)17(10)15-12;1-16-9-4-8(15-6-11(13)14-7-15)5-10(17-2)12(9)18-3;8-6-5-2-1-4(3-13)12(5)11-7(9)10-6;1-2-4-6-5-3-1;7-4-5-2-1-3-6-5/h9-10,14-16,18,21,38H,4-8,11-13,17H2,1-3H3,(H,31,33);6-7,12,24H,1-5,8-11H2;3-4,7,18H,1-2,5-6H2,(H,19,20);3-4,7-8,18H,1-2,5-6H2;4-7H,13H2,1-3H3;1-3H;1-6H2;5-7H,1-4H2/t21-;12-;7-;8-;;;;5-/m0000...0/s1. The Bertz CT molecular complexity index is 6860. The van der Waals surface area contributed by atoms with E-state index in [0.29, 0.717) is 111 Å². The minimum absolute atomic E-state index is 0.0109. The number of amides is 2. The first-order chi connectivity index (χ1) is 71.8. The molecule has 0 spiro atoms. The number of hydrogen-bond acceptors (Lipinski definition) is 33. The number of carbonyl (C=O) groups is 5. The molecule has 10 N–H and O–H groups in total. The summed E-state index contributed by atoms with van der Waals surface area (Å²) in [4.78, 5) is 101. The molecule has 1 aliphatic carbocycles. The second kappa shape index (κ2) is 51.7. The number of piperidine rings is 2. The number of aliphatic hydroxyl groups is 5. The Morgan fingerprint density at radius 1 is 0.426 bits per heavy atom. The Morgan fingerprint density at radius 2 is 0.811 bits per heavy atom. The number of aromatic nitrogens is 19. The van der Waals surface area contributed by atoms with Crippen molar-refractivity contribution in [2.45, 2.75) is 185 Å². The number of carbonyl (C=O) groups excluding carboxylic acids is 4. The Balaban J connectivity index is 0.000000134. The summed E-state index contributed by atoms with van der Waals surface area (Å²) in [7, 11) is 6.38. The lowest BCUT2D eigenvalue weighted by Gasteiger charge is -2.27. The Hall–Kier alpha value is -13.1. The van der Waals surface area contributed by atoms with Crippen LogP contribution in [0.2, 0.25) is 26.3 Å². The molecular formula is C100H125Cl5N28O15. The molecule has 1 saturated carbocycles. The van der Waals surface area contributed by atoms with E-state index in [4.69, 9.17) is 103 Å². The van der Waals surface area contributed by atoms with Crippen molar-refractivity contribution in [3.63, 3.8) is 0 Å². The highest BCUT2D eigenvalue weighted by atomic mass is 35.5. The molecule has 19 heterocycles. The third kappa shape index (κ3) is 25.5. The number of nitrogens with one attached hydrogen (secondary N) is 2. The van der Waals surface area contributed by atoms with Gasteiger partial charge in [0.1, 0.15) is 74.6 Å². The molecule has 2 aromatic carbocycles. The van der Waals surface area contributed by atoms with Gasteiger partial charge in [-0.2, -0.15) is 19.9 Å². The molecule has 790 valence electrons. The lowest BCUT2D eigenvalue weighted by atomic mass is 10.0. The van der Waals surface area contributed by atoms with E-state index in [1.807, 2.05) is 73.7 Å². The van der Waals surface area contributed by atoms with Crippen LogP contribution in [0.25, 0.3) is 39.0 Å². The third-order valence-corrected chi connectivity index (χ3v) is 28.3. The summed E-state index contributed by atoms with van der Waals surface area (Å²) in [6.07, 6.45) is 33.7. The maximum Gasteiger partial charge on any atom is 0.354 e. The molecule has 48 heteroatoms. The molecule has 0 bridgehead atoms. The molecule has 0 radical (unpaired) electrons. The number of nitrogens with zero attached hydrogens (tertiary/aromatic N) is 25. The average molecular weight is 2140 g/mol. The van der Waals surface area contributed by atoms with Crippen LogP contribution in [-0.4, -0.2) is 313 Å². The lowest BCUT2D eigenvalue weighted by Crippen LogP contribution is -2.36. The molecule has 0 unspecified atom stereocenters. The molecule has 8 aliphatic rings. The van der Waals surface area contributed by atoms with Crippen LogP contribution in [0.15, 0.2) is 110 Å². The summed E-state index contributed by atoms with van der Waals surface area (Å²) in [5.41, 5.74) is 14.8. The molecule has 2 amide bonds. The van der Waals surface area contributed by atoms with Gasteiger partial charge < -0.3 is 104 Å². The molecule has 43 nitrogen and oxygen atoms in total. The highest BCUT2D eigenvalue weighted by Gasteiger charge is 2.35. The van der Waals surface area contributed by atoms with Crippen LogP contribution in [0.1, 0.15) is 205 Å². The van der Waals surface area contributed by atoms with Crippen molar-refractivity contribution in [3.8, 4) is 34.4 Å². The fraction of sp³-hybridized carbons (Fsp3) is 0.470. The number of methoxy groups -OCH3 is 4. The van der Waals surface area contributed by atoms with Crippen molar-refractivity contribution in [1.82, 2.24) is 107 Å². The van der Waals surface area contributed by atoms with E-state index < -0.39 is 5.97 Å². The van der Waals surface area contributed by atoms with E-state index >= 15 is 0 Å². The molecule has 5 atom stereocenters.